The summed E-state index contributed by atoms with van der Waals surface area (Å²) in [6.07, 6.45) is 1.77. The Morgan fingerprint density at radius 3 is 3.19 bits per heavy atom. The van der Waals surface area contributed by atoms with Gasteiger partial charge in [-0.15, -0.1) is 0 Å². The first-order valence-corrected chi connectivity index (χ1v) is 5.48. The number of hydrogen-bond donors (Lipinski definition) is 0. The van der Waals surface area contributed by atoms with E-state index in [-0.39, 0.29) is 11.9 Å². The Labute approximate surface area is 95.2 Å². The molecule has 1 fully saturated rings. The zero-order valence-corrected chi connectivity index (χ0v) is 9.43. The zero-order chi connectivity index (χ0) is 11.4. The quantitative estimate of drug-likeness (QED) is 0.745. The molecule has 1 unspecified atom stereocenters. The van der Waals surface area contributed by atoms with E-state index in [2.05, 4.69) is 9.88 Å². The third-order valence-electron chi connectivity index (χ3n) is 2.71. The van der Waals surface area contributed by atoms with Gasteiger partial charge in [-0.2, -0.15) is 0 Å². The number of carbonyl (C=O) groups excluding carboxylic acids is 1. The first-order chi connectivity index (χ1) is 7.75. The Kier molecular flexibility index (Phi) is 3.64. The molecule has 1 atom stereocenters. The van der Waals surface area contributed by atoms with Gasteiger partial charge in [0.1, 0.15) is 6.10 Å². The molecule has 4 nitrogen and oxygen atoms in total. The van der Waals surface area contributed by atoms with Crippen LogP contribution in [0.4, 0.5) is 0 Å². The topological polar surface area (TPSA) is 42.4 Å². The van der Waals surface area contributed by atoms with E-state index in [4.69, 9.17) is 4.74 Å². The number of rotatable bonds is 3. The number of ether oxygens (including phenoxy) is 1. The van der Waals surface area contributed by atoms with Crippen molar-refractivity contribution in [2.75, 3.05) is 26.7 Å². The van der Waals surface area contributed by atoms with E-state index in [0.29, 0.717) is 19.6 Å². The summed E-state index contributed by atoms with van der Waals surface area (Å²) in [6.45, 7) is 2.22. The number of Topliss-reactive ketones (excluding diaryl/α,β-unsaturated/α-hetero) is 1. The lowest BCUT2D eigenvalue weighted by Gasteiger charge is -2.28. The van der Waals surface area contributed by atoms with Gasteiger partial charge in [-0.1, -0.05) is 6.07 Å². The fourth-order valence-corrected chi connectivity index (χ4v) is 1.77. The molecule has 1 aliphatic rings. The summed E-state index contributed by atoms with van der Waals surface area (Å²) in [7, 11) is 2.00. The molecule has 2 heterocycles. The minimum atomic E-state index is -0.291. The van der Waals surface area contributed by atoms with Crippen molar-refractivity contribution in [3.05, 3.63) is 30.1 Å². The Hall–Kier alpha value is -1.26. The predicted molar refractivity (Wildman–Crippen MR) is 60.2 cm³/mol. The van der Waals surface area contributed by atoms with Crippen molar-refractivity contribution in [2.24, 2.45) is 0 Å². The number of aromatic nitrogens is 1. The monoisotopic (exact) mass is 220 g/mol. The van der Waals surface area contributed by atoms with Crippen LogP contribution in [-0.2, 0) is 16.0 Å². The summed E-state index contributed by atoms with van der Waals surface area (Å²) in [5.74, 6) is 0.116. The van der Waals surface area contributed by atoms with E-state index in [0.717, 1.165) is 12.2 Å². The molecule has 0 amide bonds. The molecule has 4 heteroatoms. The van der Waals surface area contributed by atoms with Crippen molar-refractivity contribution in [3.8, 4) is 0 Å². The normalized spacial score (nSPS) is 21.9. The van der Waals surface area contributed by atoms with Crippen LogP contribution in [0.25, 0.3) is 0 Å². The molecule has 0 aromatic carbocycles. The molecule has 0 aliphatic carbocycles. The Balaban J connectivity index is 1.93. The molecule has 1 aromatic rings. The number of carbonyl (C=O) groups is 1. The maximum absolute atomic E-state index is 11.9. The van der Waals surface area contributed by atoms with E-state index in [1.807, 2.05) is 25.2 Å². The molecular formula is C12H16N2O2. The number of nitrogens with zero attached hydrogens (tertiary/aromatic N) is 2. The largest absolute Gasteiger partial charge is 0.368 e. The smallest absolute Gasteiger partial charge is 0.168 e. The number of hydrogen-bond acceptors (Lipinski definition) is 4. The third kappa shape index (κ3) is 2.87. The minimum Gasteiger partial charge on any atom is -0.368 e. The second-order valence-corrected chi connectivity index (χ2v) is 4.09. The SMILES string of the molecule is CN1CCOC(C(=O)Cc2ccccn2)C1. The van der Waals surface area contributed by atoms with E-state index in [1.54, 1.807) is 6.20 Å². The van der Waals surface area contributed by atoms with Crippen LogP contribution < -0.4 is 0 Å². The molecule has 1 aliphatic heterocycles. The van der Waals surface area contributed by atoms with Crippen LogP contribution in [0.1, 0.15) is 5.69 Å². The average molecular weight is 220 g/mol. The van der Waals surface area contributed by atoms with E-state index in [1.165, 1.54) is 0 Å². The van der Waals surface area contributed by atoms with Crippen molar-refractivity contribution in [3.63, 3.8) is 0 Å². The van der Waals surface area contributed by atoms with Crippen molar-refractivity contribution >= 4 is 5.78 Å². The Morgan fingerprint density at radius 1 is 1.62 bits per heavy atom. The fourth-order valence-electron chi connectivity index (χ4n) is 1.77. The highest BCUT2D eigenvalue weighted by atomic mass is 16.5. The van der Waals surface area contributed by atoms with Gasteiger partial charge in [-0.05, 0) is 19.2 Å². The summed E-state index contributed by atoms with van der Waals surface area (Å²) in [5, 5.41) is 0. The van der Waals surface area contributed by atoms with Gasteiger partial charge < -0.3 is 9.64 Å². The predicted octanol–water partition coefficient (Wildman–Crippen LogP) is 0.524. The van der Waals surface area contributed by atoms with Gasteiger partial charge in [-0.25, -0.2) is 0 Å². The molecule has 0 spiro atoms. The van der Waals surface area contributed by atoms with Gasteiger partial charge in [-0.3, -0.25) is 9.78 Å². The highest BCUT2D eigenvalue weighted by molar-refractivity contribution is 5.85. The van der Waals surface area contributed by atoms with Crippen molar-refractivity contribution < 1.29 is 9.53 Å². The van der Waals surface area contributed by atoms with Crippen LogP contribution in [0.3, 0.4) is 0 Å². The van der Waals surface area contributed by atoms with Crippen LogP contribution in [0, 0.1) is 0 Å². The Bertz CT molecular complexity index is 353. The number of pyridine rings is 1. The van der Waals surface area contributed by atoms with Gasteiger partial charge in [0.2, 0.25) is 0 Å². The molecule has 0 saturated carbocycles. The summed E-state index contributed by atoms with van der Waals surface area (Å²) in [6, 6.07) is 5.60. The second kappa shape index (κ2) is 5.18. The van der Waals surface area contributed by atoms with Gasteiger partial charge in [0.15, 0.2) is 5.78 Å². The van der Waals surface area contributed by atoms with Gasteiger partial charge in [0, 0.05) is 25.0 Å². The number of ketones is 1. The highest BCUT2D eigenvalue weighted by Gasteiger charge is 2.24. The van der Waals surface area contributed by atoms with Crippen molar-refractivity contribution in [1.82, 2.24) is 9.88 Å². The molecule has 16 heavy (non-hydrogen) atoms. The standard InChI is InChI=1S/C12H16N2O2/c1-14-6-7-16-12(9-14)11(15)8-10-4-2-3-5-13-10/h2-5,12H,6-9H2,1H3. The van der Waals surface area contributed by atoms with Gasteiger partial charge in [0.25, 0.3) is 0 Å². The highest BCUT2D eigenvalue weighted by Crippen LogP contribution is 2.07. The number of morpholine rings is 1. The van der Waals surface area contributed by atoms with Crippen LogP contribution in [0.2, 0.25) is 0 Å². The van der Waals surface area contributed by atoms with Gasteiger partial charge >= 0.3 is 0 Å². The first kappa shape index (κ1) is 11.2. The lowest BCUT2D eigenvalue weighted by Crippen LogP contribution is -2.44. The lowest BCUT2D eigenvalue weighted by molar-refractivity contribution is -0.134. The zero-order valence-electron chi connectivity index (χ0n) is 9.43. The van der Waals surface area contributed by atoms with Crippen LogP contribution in [0.5, 0.6) is 0 Å². The molecule has 0 N–H and O–H groups in total. The van der Waals surface area contributed by atoms with Gasteiger partial charge in [0.05, 0.1) is 13.0 Å². The maximum Gasteiger partial charge on any atom is 0.168 e. The number of likely N-dealkylation sites (N-methyl/N-ethyl adjacent to an activating group) is 1. The van der Waals surface area contributed by atoms with Crippen molar-refractivity contribution in [1.29, 1.82) is 0 Å². The summed E-state index contributed by atoms with van der Waals surface area (Å²) in [4.78, 5) is 18.2. The molecule has 2 rings (SSSR count). The van der Waals surface area contributed by atoms with E-state index in [9.17, 15) is 4.79 Å². The molecule has 86 valence electrons. The fraction of sp³-hybridized carbons (Fsp3) is 0.500. The molecule has 0 radical (unpaired) electrons. The second-order valence-electron chi connectivity index (χ2n) is 4.09. The van der Waals surface area contributed by atoms with E-state index < -0.39 is 0 Å². The van der Waals surface area contributed by atoms with Crippen LogP contribution >= 0.6 is 0 Å². The Morgan fingerprint density at radius 2 is 2.50 bits per heavy atom. The summed E-state index contributed by atoms with van der Waals surface area (Å²) < 4.78 is 5.46. The maximum atomic E-state index is 11.9. The molecule has 1 aromatic heterocycles. The molecule has 1 saturated heterocycles. The summed E-state index contributed by atoms with van der Waals surface area (Å²) in [5.41, 5.74) is 0.810. The van der Waals surface area contributed by atoms with Crippen LogP contribution in [-0.4, -0.2) is 48.5 Å². The van der Waals surface area contributed by atoms with E-state index >= 15 is 0 Å². The summed E-state index contributed by atoms with van der Waals surface area (Å²) >= 11 is 0. The van der Waals surface area contributed by atoms with Crippen molar-refractivity contribution in [2.45, 2.75) is 12.5 Å². The molecular weight excluding hydrogens is 204 g/mol. The third-order valence-corrected chi connectivity index (χ3v) is 2.71. The lowest BCUT2D eigenvalue weighted by atomic mass is 10.1. The molecule has 0 bridgehead atoms. The minimum absolute atomic E-state index is 0.116. The average Bonchev–Trinajstić information content (AvgIpc) is 2.30. The first-order valence-electron chi connectivity index (χ1n) is 5.48. The van der Waals surface area contributed by atoms with Crippen LogP contribution in [0.15, 0.2) is 24.4 Å².